The van der Waals surface area contributed by atoms with Crippen LogP contribution in [0.15, 0.2) is 30.3 Å². The molecule has 3 unspecified atom stereocenters. The number of carbonyl (C=O) groups excluding carboxylic acids is 3. The van der Waals surface area contributed by atoms with E-state index in [2.05, 4.69) is 38.3 Å². The molecule has 3 N–H and O–H groups in total. The highest BCUT2D eigenvalue weighted by molar-refractivity contribution is 8.02. The second kappa shape index (κ2) is 11.1. The van der Waals surface area contributed by atoms with Crippen molar-refractivity contribution in [2.24, 2.45) is 23.2 Å². The highest BCUT2D eigenvalue weighted by atomic mass is 32.2. The molecular weight excluding hydrogens is 510 g/mol. The van der Waals surface area contributed by atoms with Gasteiger partial charge in [-0.15, -0.1) is 11.8 Å². The molecule has 1 aromatic rings. The average Bonchev–Trinajstić information content (AvgIpc) is 3.43. The van der Waals surface area contributed by atoms with Crippen molar-refractivity contribution in [1.29, 1.82) is 0 Å². The summed E-state index contributed by atoms with van der Waals surface area (Å²) in [5, 5.41) is 17.0. The summed E-state index contributed by atoms with van der Waals surface area (Å²) in [4.78, 5) is 44.0. The van der Waals surface area contributed by atoms with Gasteiger partial charge < -0.3 is 20.6 Å². The molecule has 3 fully saturated rings. The zero-order valence-corrected chi connectivity index (χ0v) is 25.4. The van der Waals surface area contributed by atoms with E-state index in [0.29, 0.717) is 13.0 Å². The highest BCUT2D eigenvalue weighted by Crippen LogP contribution is 2.68. The topological polar surface area (TPSA) is 98.7 Å². The molecule has 3 saturated heterocycles. The Morgan fingerprint density at radius 2 is 1.82 bits per heavy atom. The van der Waals surface area contributed by atoms with E-state index in [4.69, 9.17) is 0 Å². The molecule has 3 heterocycles. The zero-order valence-electron chi connectivity index (χ0n) is 24.6. The van der Waals surface area contributed by atoms with Gasteiger partial charge in [-0.05, 0) is 56.4 Å². The van der Waals surface area contributed by atoms with Crippen molar-refractivity contribution in [1.82, 2.24) is 15.5 Å². The van der Waals surface area contributed by atoms with Crippen LogP contribution < -0.4 is 10.6 Å². The fourth-order valence-corrected chi connectivity index (χ4v) is 10.1. The van der Waals surface area contributed by atoms with Gasteiger partial charge in [0.1, 0.15) is 6.04 Å². The van der Waals surface area contributed by atoms with Gasteiger partial charge in [0.25, 0.3) is 0 Å². The minimum Gasteiger partial charge on any atom is -0.394 e. The fourth-order valence-electron chi connectivity index (χ4n) is 7.73. The molecule has 0 saturated carbocycles. The summed E-state index contributed by atoms with van der Waals surface area (Å²) >= 11 is 1.68. The predicted octanol–water partition coefficient (Wildman–Crippen LogP) is 3.78. The van der Waals surface area contributed by atoms with Crippen LogP contribution in [0.3, 0.4) is 0 Å². The Hall–Kier alpha value is -2.06. The van der Waals surface area contributed by atoms with Crippen molar-refractivity contribution in [3.63, 3.8) is 0 Å². The van der Waals surface area contributed by atoms with Gasteiger partial charge in [-0.3, -0.25) is 14.4 Å². The Balaban J connectivity index is 1.76. The normalized spacial score (nSPS) is 30.8. The molecule has 1 spiro atoms. The van der Waals surface area contributed by atoms with Crippen LogP contribution >= 0.6 is 11.8 Å². The molecule has 1 aromatic carbocycles. The van der Waals surface area contributed by atoms with Crippen LogP contribution in [0.25, 0.3) is 0 Å². The standard InChI is InChI=1S/C31H47N3O4S/c1-8-14-32-26(36)23-22-15-19(2)31(39-22)24(23)28(38)34(21(17-35)16-20-12-10-9-11-13-20)25(31)27(37)33-30(6,7)18-29(3,4)5/h9-13,19,21-25,35H,8,14-18H2,1-7H3,(H,32,36)(H,33,37)/t19?,21-,22+,23-,24+,25?,31?/m1/s1. The van der Waals surface area contributed by atoms with E-state index in [1.807, 2.05) is 51.1 Å². The van der Waals surface area contributed by atoms with Crippen LogP contribution in [0.4, 0.5) is 0 Å². The number of aliphatic hydroxyl groups is 1. The van der Waals surface area contributed by atoms with Gasteiger partial charge in [0.2, 0.25) is 17.7 Å². The van der Waals surface area contributed by atoms with Crippen molar-refractivity contribution in [3.05, 3.63) is 35.9 Å². The summed E-state index contributed by atoms with van der Waals surface area (Å²) in [5.74, 6) is -1.40. The number of thioether (sulfide) groups is 1. The Morgan fingerprint density at radius 3 is 2.41 bits per heavy atom. The summed E-state index contributed by atoms with van der Waals surface area (Å²) < 4.78 is -0.706. The maximum atomic E-state index is 14.4. The number of benzene rings is 1. The average molecular weight is 558 g/mol. The number of likely N-dealkylation sites (tertiary alicyclic amines) is 1. The van der Waals surface area contributed by atoms with E-state index in [1.165, 1.54) is 0 Å². The number of rotatable bonds is 10. The first-order valence-electron chi connectivity index (χ1n) is 14.5. The van der Waals surface area contributed by atoms with Gasteiger partial charge in [-0.2, -0.15) is 0 Å². The van der Waals surface area contributed by atoms with E-state index in [9.17, 15) is 19.5 Å². The van der Waals surface area contributed by atoms with Gasteiger partial charge >= 0.3 is 0 Å². The molecule has 216 valence electrons. The minimum absolute atomic E-state index is 0.0000424. The molecule has 0 aliphatic carbocycles. The molecule has 3 amide bonds. The first-order chi connectivity index (χ1) is 18.3. The molecule has 7 nitrogen and oxygen atoms in total. The van der Waals surface area contributed by atoms with E-state index < -0.39 is 34.2 Å². The molecular formula is C31H47N3O4S. The second-order valence-corrected chi connectivity index (χ2v) is 15.3. The first-order valence-corrected chi connectivity index (χ1v) is 15.4. The van der Waals surface area contributed by atoms with Crippen LogP contribution in [0, 0.1) is 23.2 Å². The third-order valence-electron chi connectivity index (χ3n) is 8.64. The largest absolute Gasteiger partial charge is 0.394 e. The first kappa shape index (κ1) is 29.9. The summed E-state index contributed by atoms with van der Waals surface area (Å²) in [5.41, 5.74) is 0.503. The van der Waals surface area contributed by atoms with E-state index in [1.54, 1.807) is 16.7 Å². The molecule has 7 atom stereocenters. The number of nitrogens with zero attached hydrogens (tertiary/aromatic N) is 1. The van der Waals surface area contributed by atoms with Gasteiger partial charge in [0.15, 0.2) is 0 Å². The third kappa shape index (κ3) is 5.61. The summed E-state index contributed by atoms with van der Waals surface area (Å²) in [6, 6.07) is 8.45. The lowest BCUT2D eigenvalue weighted by Crippen LogP contribution is -2.61. The Kier molecular flexibility index (Phi) is 8.49. The van der Waals surface area contributed by atoms with E-state index in [0.717, 1.165) is 24.8 Å². The Labute approximate surface area is 238 Å². The molecule has 2 bridgehead atoms. The second-order valence-electron chi connectivity index (χ2n) is 13.7. The molecule has 8 heteroatoms. The maximum absolute atomic E-state index is 14.4. The molecule has 0 aromatic heterocycles. The molecule has 4 rings (SSSR count). The Bertz CT molecular complexity index is 1070. The lowest BCUT2D eigenvalue weighted by atomic mass is 9.65. The fraction of sp³-hybridized carbons (Fsp3) is 0.710. The summed E-state index contributed by atoms with van der Waals surface area (Å²) in [6.45, 7) is 15.0. The van der Waals surface area contributed by atoms with Gasteiger partial charge in [0, 0.05) is 17.3 Å². The van der Waals surface area contributed by atoms with Crippen molar-refractivity contribution in [3.8, 4) is 0 Å². The summed E-state index contributed by atoms with van der Waals surface area (Å²) in [6.07, 6.45) is 2.82. The van der Waals surface area contributed by atoms with Crippen LogP contribution in [-0.2, 0) is 20.8 Å². The van der Waals surface area contributed by atoms with E-state index >= 15 is 0 Å². The van der Waals surface area contributed by atoms with Crippen molar-refractivity contribution < 1.29 is 19.5 Å². The number of fused-ring (bicyclic) bond motifs is 1. The molecule has 0 radical (unpaired) electrons. The lowest BCUT2D eigenvalue weighted by Gasteiger charge is -2.42. The van der Waals surface area contributed by atoms with Gasteiger partial charge in [-0.25, -0.2) is 0 Å². The number of aliphatic hydroxyl groups excluding tert-OH is 1. The Morgan fingerprint density at radius 1 is 1.15 bits per heavy atom. The lowest BCUT2D eigenvalue weighted by molar-refractivity contribution is -0.143. The zero-order chi connectivity index (χ0) is 28.8. The van der Waals surface area contributed by atoms with Crippen LogP contribution in [0.5, 0.6) is 0 Å². The predicted molar refractivity (Wildman–Crippen MR) is 156 cm³/mol. The number of nitrogens with one attached hydrogen (secondary N) is 2. The quantitative estimate of drug-likeness (QED) is 0.407. The number of hydrogen-bond acceptors (Lipinski definition) is 5. The van der Waals surface area contributed by atoms with Crippen LogP contribution in [0.2, 0.25) is 0 Å². The van der Waals surface area contributed by atoms with Crippen molar-refractivity contribution >= 4 is 29.5 Å². The maximum Gasteiger partial charge on any atom is 0.244 e. The minimum atomic E-state index is -0.760. The number of hydrogen-bond donors (Lipinski definition) is 3. The van der Waals surface area contributed by atoms with Crippen LogP contribution in [0.1, 0.15) is 73.3 Å². The smallest absolute Gasteiger partial charge is 0.244 e. The molecule has 3 aliphatic rings. The number of carbonyl (C=O) groups is 3. The van der Waals surface area contributed by atoms with Crippen molar-refractivity contribution in [2.45, 2.75) is 102 Å². The summed E-state index contributed by atoms with van der Waals surface area (Å²) in [7, 11) is 0. The monoisotopic (exact) mass is 557 g/mol. The molecule has 39 heavy (non-hydrogen) atoms. The van der Waals surface area contributed by atoms with Crippen molar-refractivity contribution in [2.75, 3.05) is 13.2 Å². The highest BCUT2D eigenvalue weighted by Gasteiger charge is 2.76. The van der Waals surface area contributed by atoms with Gasteiger partial charge in [0.05, 0.1) is 29.2 Å². The SMILES string of the molecule is CCCNC(=O)[C@@H]1[C@@H]2CC(C)C3(S2)C(C(=O)NC(C)(C)CC(C)(C)C)N([C@@H](CO)Cc2ccccc2)C(=O)[C@H]13. The third-order valence-corrected chi connectivity index (χ3v) is 10.7. The van der Waals surface area contributed by atoms with Crippen LogP contribution in [-0.4, -0.2) is 68.5 Å². The number of amides is 3. The van der Waals surface area contributed by atoms with E-state index in [-0.39, 0.29) is 40.9 Å². The molecule has 3 aliphatic heterocycles. The van der Waals surface area contributed by atoms with Gasteiger partial charge in [-0.1, -0.05) is 65.0 Å².